The predicted octanol–water partition coefficient (Wildman–Crippen LogP) is 2.85. The number of halogens is 3. The highest BCUT2D eigenvalue weighted by Gasteiger charge is 2.31. The zero-order chi connectivity index (χ0) is 15.5. The van der Waals surface area contributed by atoms with Crippen LogP contribution in [-0.2, 0) is 26.9 Å². The fourth-order valence-electron chi connectivity index (χ4n) is 2.12. The number of hydrogen-bond acceptors (Lipinski definition) is 3. The van der Waals surface area contributed by atoms with E-state index in [9.17, 15) is 18.0 Å². The molecular weight excluding hydrogens is 289 g/mol. The highest BCUT2D eigenvalue weighted by atomic mass is 19.4. The molecule has 1 aliphatic rings. The summed E-state index contributed by atoms with van der Waals surface area (Å²) < 4.78 is 48.6. The van der Waals surface area contributed by atoms with Crippen molar-refractivity contribution >= 4 is 5.97 Å². The number of rotatable bonds is 5. The SMILES string of the molecule is O=C(O)CCC1COC(Cc2cccc(C(F)(F)F)c2)O1. The van der Waals surface area contributed by atoms with Crippen LogP contribution in [0.4, 0.5) is 13.2 Å². The number of carboxylic acids is 1. The number of aliphatic carboxylic acids is 1. The van der Waals surface area contributed by atoms with Crippen molar-refractivity contribution in [2.75, 3.05) is 6.61 Å². The molecule has 2 rings (SSSR count). The first-order valence-electron chi connectivity index (χ1n) is 6.49. The van der Waals surface area contributed by atoms with Gasteiger partial charge >= 0.3 is 12.1 Å². The first-order chi connectivity index (χ1) is 9.84. The van der Waals surface area contributed by atoms with Gasteiger partial charge in [-0.25, -0.2) is 0 Å². The van der Waals surface area contributed by atoms with E-state index >= 15 is 0 Å². The van der Waals surface area contributed by atoms with E-state index in [1.54, 1.807) is 6.07 Å². The Morgan fingerprint density at radius 2 is 2.14 bits per heavy atom. The van der Waals surface area contributed by atoms with Gasteiger partial charge in [0.15, 0.2) is 6.29 Å². The van der Waals surface area contributed by atoms with Gasteiger partial charge in [-0.2, -0.15) is 13.2 Å². The van der Waals surface area contributed by atoms with Crippen LogP contribution in [0, 0.1) is 0 Å². The fraction of sp³-hybridized carbons (Fsp3) is 0.500. The minimum Gasteiger partial charge on any atom is -0.481 e. The number of carboxylic acid groups (broad SMARTS) is 1. The minimum absolute atomic E-state index is 0.0235. The molecule has 1 heterocycles. The molecule has 7 heteroatoms. The number of benzene rings is 1. The van der Waals surface area contributed by atoms with Crippen molar-refractivity contribution in [3.63, 3.8) is 0 Å². The fourth-order valence-corrected chi connectivity index (χ4v) is 2.12. The molecule has 0 aromatic heterocycles. The Labute approximate surface area is 119 Å². The van der Waals surface area contributed by atoms with Crippen LogP contribution >= 0.6 is 0 Å². The average Bonchev–Trinajstić information content (AvgIpc) is 2.83. The molecule has 1 saturated heterocycles. The van der Waals surface area contributed by atoms with Gasteiger partial charge in [0.25, 0.3) is 0 Å². The second-order valence-electron chi connectivity index (χ2n) is 4.86. The Balaban J connectivity index is 1.90. The lowest BCUT2D eigenvalue weighted by molar-refractivity contribution is -0.138. The predicted molar refractivity (Wildman–Crippen MR) is 66.6 cm³/mol. The van der Waals surface area contributed by atoms with E-state index < -0.39 is 24.0 Å². The molecule has 1 aromatic rings. The van der Waals surface area contributed by atoms with Crippen molar-refractivity contribution in [3.8, 4) is 0 Å². The Morgan fingerprint density at radius 1 is 1.38 bits per heavy atom. The lowest BCUT2D eigenvalue weighted by atomic mass is 10.1. The Kier molecular flexibility index (Phi) is 4.84. The van der Waals surface area contributed by atoms with Crippen LogP contribution in [0.5, 0.6) is 0 Å². The molecule has 0 amide bonds. The topological polar surface area (TPSA) is 55.8 Å². The maximum Gasteiger partial charge on any atom is 0.416 e. The van der Waals surface area contributed by atoms with E-state index in [1.165, 1.54) is 6.07 Å². The number of alkyl halides is 3. The van der Waals surface area contributed by atoms with Gasteiger partial charge in [0.1, 0.15) is 0 Å². The van der Waals surface area contributed by atoms with Crippen LogP contribution in [0.15, 0.2) is 24.3 Å². The number of carbonyl (C=O) groups is 1. The van der Waals surface area contributed by atoms with E-state index in [-0.39, 0.29) is 25.6 Å². The standard InChI is InChI=1S/C14H15F3O4/c15-14(16,17)10-3-1-2-9(6-10)7-13-20-8-11(21-13)4-5-12(18)19/h1-3,6,11,13H,4-5,7-8H2,(H,18,19). The molecule has 21 heavy (non-hydrogen) atoms. The Hall–Kier alpha value is -1.60. The summed E-state index contributed by atoms with van der Waals surface area (Å²) in [5, 5.41) is 8.58. The molecule has 0 aliphatic carbocycles. The summed E-state index contributed by atoms with van der Waals surface area (Å²) in [6.07, 6.45) is -4.83. The molecule has 1 aromatic carbocycles. The molecule has 116 valence electrons. The van der Waals surface area contributed by atoms with Crippen molar-refractivity contribution < 1.29 is 32.5 Å². The monoisotopic (exact) mass is 304 g/mol. The average molecular weight is 304 g/mol. The summed E-state index contributed by atoms with van der Waals surface area (Å²) >= 11 is 0. The third-order valence-electron chi connectivity index (χ3n) is 3.15. The quantitative estimate of drug-likeness (QED) is 0.909. The third kappa shape index (κ3) is 4.71. The van der Waals surface area contributed by atoms with Crippen molar-refractivity contribution in [1.82, 2.24) is 0 Å². The van der Waals surface area contributed by atoms with Crippen molar-refractivity contribution in [2.24, 2.45) is 0 Å². The molecule has 1 fully saturated rings. The van der Waals surface area contributed by atoms with Gasteiger partial charge in [0.2, 0.25) is 0 Å². The first kappa shape index (κ1) is 15.8. The van der Waals surface area contributed by atoms with Gasteiger partial charge in [-0.1, -0.05) is 18.2 Å². The van der Waals surface area contributed by atoms with Gasteiger partial charge in [-0.05, 0) is 18.1 Å². The maximum atomic E-state index is 12.6. The van der Waals surface area contributed by atoms with Gasteiger partial charge in [-0.3, -0.25) is 4.79 Å². The van der Waals surface area contributed by atoms with Gasteiger partial charge in [-0.15, -0.1) is 0 Å². The largest absolute Gasteiger partial charge is 0.481 e. The van der Waals surface area contributed by atoms with E-state index in [0.29, 0.717) is 12.0 Å². The zero-order valence-electron chi connectivity index (χ0n) is 11.1. The minimum atomic E-state index is -4.38. The molecule has 0 bridgehead atoms. The molecule has 2 unspecified atom stereocenters. The Bertz CT molecular complexity index is 501. The van der Waals surface area contributed by atoms with Crippen LogP contribution in [0.1, 0.15) is 24.0 Å². The molecule has 0 radical (unpaired) electrons. The van der Waals surface area contributed by atoms with Gasteiger partial charge < -0.3 is 14.6 Å². The summed E-state index contributed by atoms with van der Waals surface area (Å²) in [6.45, 7) is 0.261. The Morgan fingerprint density at radius 3 is 2.81 bits per heavy atom. The van der Waals surface area contributed by atoms with Crippen LogP contribution in [0.25, 0.3) is 0 Å². The highest BCUT2D eigenvalue weighted by Crippen LogP contribution is 2.30. The third-order valence-corrected chi connectivity index (χ3v) is 3.15. The molecule has 1 aliphatic heterocycles. The molecule has 2 atom stereocenters. The van der Waals surface area contributed by atoms with Gasteiger partial charge in [0.05, 0.1) is 18.3 Å². The van der Waals surface area contributed by atoms with Crippen LogP contribution < -0.4 is 0 Å². The van der Waals surface area contributed by atoms with E-state index in [0.717, 1.165) is 12.1 Å². The molecule has 0 saturated carbocycles. The van der Waals surface area contributed by atoms with Crippen molar-refractivity contribution in [3.05, 3.63) is 35.4 Å². The molecule has 4 nitrogen and oxygen atoms in total. The van der Waals surface area contributed by atoms with Crippen LogP contribution in [0.2, 0.25) is 0 Å². The second kappa shape index (κ2) is 6.44. The van der Waals surface area contributed by atoms with Gasteiger partial charge in [0, 0.05) is 12.8 Å². The van der Waals surface area contributed by atoms with E-state index in [2.05, 4.69) is 0 Å². The summed E-state index contributed by atoms with van der Waals surface area (Å²) in [7, 11) is 0. The zero-order valence-corrected chi connectivity index (χ0v) is 11.1. The first-order valence-corrected chi connectivity index (χ1v) is 6.49. The lowest BCUT2D eigenvalue weighted by Crippen LogP contribution is -2.16. The smallest absolute Gasteiger partial charge is 0.416 e. The van der Waals surface area contributed by atoms with Crippen molar-refractivity contribution in [1.29, 1.82) is 0 Å². The number of ether oxygens (including phenoxy) is 2. The van der Waals surface area contributed by atoms with Crippen molar-refractivity contribution in [2.45, 2.75) is 37.8 Å². The summed E-state index contributed by atoms with van der Waals surface area (Å²) in [6, 6.07) is 4.99. The maximum absolute atomic E-state index is 12.6. The lowest BCUT2D eigenvalue weighted by Gasteiger charge is -2.13. The molecule has 1 N–H and O–H groups in total. The normalized spacial score (nSPS) is 22.4. The number of hydrogen-bond donors (Lipinski definition) is 1. The van der Waals surface area contributed by atoms with Crippen LogP contribution in [0.3, 0.4) is 0 Å². The van der Waals surface area contributed by atoms with E-state index in [4.69, 9.17) is 14.6 Å². The summed E-state index contributed by atoms with van der Waals surface area (Å²) in [5.74, 6) is -0.917. The summed E-state index contributed by atoms with van der Waals surface area (Å²) in [5.41, 5.74) is -0.242. The molecular formula is C14H15F3O4. The van der Waals surface area contributed by atoms with Crippen LogP contribution in [-0.4, -0.2) is 30.1 Å². The molecule has 0 spiro atoms. The second-order valence-corrected chi connectivity index (χ2v) is 4.86. The summed E-state index contributed by atoms with van der Waals surface area (Å²) in [4.78, 5) is 10.5. The highest BCUT2D eigenvalue weighted by molar-refractivity contribution is 5.66. The van der Waals surface area contributed by atoms with E-state index in [1.807, 2.05) is 0 Å².